The first-order valence-electron chi connectivity index (χ1n) is 18.5. The molecule has 0 spiro atoms. The Hall–Kier alpha value is -3.73. The zero-order valence-electron chi connectivity index (χ0n) is 33.0. The fraction of sp³-hybridized carbons (Fsp3) is 0.718. The van der Waals surface area contributed by atoms with Crippen LogP contribution in [-0.4, -0.2) is 122 Å². The number of carboxylic acids is 1. The summed E-state index contributed by atoms with van der Waals surface area (Å²) in [6.07, 6.45) is 0.728. The van der Waals surface area contributed by atoms with Crippen molar-refractivity contribution in [2.75, 3.05) is 34.9 Å². The number of nitrogens with one attached hydrogen (secondary N) is 3. The molecule has 0 unspecified atom stereocenters. The molecule has 1 aliphatic rings. The minimum Gasteiger partial charge on any atom is -0.480 e. The van der Waals surface area contributed by atoms with Crippen LogP contribution in [0.5, 0.6) is 0 Å². The number of hydrogen-bond donors (Lipinski definition) is 4. The normalized spacial score (nSPS) is 19.1. The summed E-state index contributed by atoms with van der Waals surface area (Å²) >= 11 is 0. The minimum atomic E-state index is -1.16. The maximum absolute atomic E-state index is 14.1. The molecule has 0 aromatic heterocycles. The average molecular weight is 730 g/mol. The Morgan fingerprint density at radius 2 is 1.63 bits per heavy atom. The third kappa shape index (κ3) is 11.6. The maximum atomic E-state index is 14.1. The fourth-order valence-electron chi connectivity index (χ4n) is 7.29. The van der Waals surface area contributed by atoms with Crippen molar-refractivity contribution < 1.29 is 38.6 Å². The Morgan fingerprint density at radius 1 is 0.981 bits per heavy atom. The highest BCUT2D eigenvalue weighted by Gasteiger charge is 2.43. The molecule has 0 radical (unpaired) electrons. The van der Waals surface area contributed by atoms with Crippen LogP contribution in [0.4, 0.5) is 0 Å². The highest BCUT2D eigenvalue weighted by molar-refractivity contribution is 5.90. The number of likely N-dealkylation sites (tertiary alicyclic amines) is 1. The number of carbonyl (C=O) groups is 5. The van der Waals surface area contributed by atoms with Crippen LogP contribution in [0.15, 0.2) is 18.2 Å². The van der Waals surface area contributed by atoms with Gasteiger partial charge in [0.25, 0.3) is 0 Å². The van der Waals surface area contributed by atoms with E-state index in [-0.39, 0.29) is 48.3 Å². The number of rotatable bonds is 21. The van der Waals surface area contributed by atoms with Crippen LogP contribution in [-0.2, 0) is 39.9 Å². The molecule has 0 aliphatic carbocycles. The van der Waals surface area contributed by atoms with Gasteiger partial charge in [0, 0.05) is 34.2 Å². The third-order valence-corrected chi connectivity index (χ3v) is 10.5. The quantitative estimate of drug-likeness (QED) is 0.149. The van der Waals surface area contributed by atoms with E-state index in [9.17, 15) is 29.1 Å². The Kier molecular flexibility index (Phi) is 18.0. The van der Waals surface area contributed by atoms with Gasteiger partial charge in [-0.05, 0) is 61.4 Å². The number of aliphatic carboxylic acids is 1. The number of methoxy groups -OCH3 is 2. The van der Waals surface area contributed by atoms with E-state index in [1.807, 2.05) is 41.5 Å². The lowest BCUT2D eigenvalue weighted by Crippen LogP contribution is -2.59. The van der Waals surface area contributed by atoms with Gasteiger partial charge in [0.2, 0.25) is 23.6 Å². The fourth-order valence-corrected chi connectivity index (χ4v) is 7.29. The molecule has 1 aromatic rings. The van der Waals surface area contributed by atoms with Gasteiger partial charge >= 0.3 is 5.97 Å². The molecular formula is C39H63N5O8. The predicted octanol–water partition coefficient (Wildman–Crippen LogP) is 2.70. The molecule has 0 bridgehead atoms. The predicted molar refractivity (Wildman–Crippen MR) is 198 cm³/mol. The van der Waals surface area contributed by atoms with Crippen molar-refractivity contribution in [1.29, 1.82) is 0 Å². The number of likely N-dealkylation sites (N-methyl/N-ethyl adjacent to an activating group) is 2. The van der Waals surface area contributed by atoms with Crippen molar-refractivity contribution in [1.82, 2.24) is 25.8 Å². The zero-order chi connectivity index (χ0) is 39.3. The number of hydrogen-bond acceptors (Lipinski definition) is 8. The van der Waals surface area contributed by atoms with Crippen LogP contribution in [0.25, 0.3) is 0 Å². The topological polar surface area (TPSA) is 167 Å². The summed E-state index contributed by atoms with van der Waals surface area (Å²) in [5.41, 5.74) is 0.698. The third-order valence-electron chi connectivity index (χ3n) is 10.5. The molecule has 4 amide bonds. The van der Waals surface area contributed by atoms with Crippen LogP contribution in [0.3, 0.4) is 0 Å². The van der Waals surface area contributed by atoms with Gasteiger partial charge in [0.05, 0.1) is 42.7 Å². The second-order valence-corrected chi connectivity index (χ2v) is 14.8. The Morgan fingerprint density at radius 3 is 2.13 bits per heavy atom. The van der Waals surface area contributed by atoms with Crippen LogP contribution >= 0.6 is 0 Å². The second-order valence-electron chi connectivity index (χ2n) is 14.8. The molecule has 1 aromatic carbocycles. The van der Waals surface area contributed by atoms with Crippen LogP contribution < -0.4 is 16.0 Å². The molecule has 1 saturated heterocycles. The molecule has 0 saturated carbocycles. The van der Waals surface area contributed by atoms with Gasteiger partial charge < -0.3 is 40.3 Å². The van der Waals surface area contributed by atoms with Gasteiger partial charge in [-0.25, -0.2) is 4.79 Å². The summed E-state index contributed by atoms with van der Waals surface area (Å²) in [5, 5.41) is 18.5. The highest BCUT2D eigenvalue weighted by Crippen LogP contribution is 2.29. The monoisotopic (exact) mass is 729 g/mol. The molecule has 4 N–H and O–H groups in total. The smallest absolute Gasteiger partial charge is 0.326 e. The highest BCUT2D eigenvalue weighted by atomic mass is 16.5. The summed E-state index contributed by atoms with van der Waals surface area (Å²) in [6.45, 7) is 13.8. The van der Waals surface area contributed by atoms with Crippen LogP contribution in [0, 0.1) is 35.8 Å². The van der Waals surface area contributed by atoms with E-state index in [2.05, 4.69) is 28.1 Å². The first-order valence-corrected chi connectivity index (χ1v) is 18.5. The largest absolute Gasteiger partial charge is 0.480 e. The number of nitrogens with zero attached hydrogens (tertiary/aromatic N) is 2. The number of ether oxygens (including phenoxy) is 2. The summed E-state index contributed by atoms with van der Waals surface area (Å²) in [7, 11) is 6.44. The molecule has 1 fully saturated rings. The Labute approximate surface area is 310 Å². The van der Waals surface area contributed by atoms with Crippen molar-refractivity contribution in [2.45, 2.75) is 123 Å². The van der Waals surface area contributed by atoms with E-state index >= 15 is 0 Å². The molecule has 13 heteroatoms. The van der Waals surface area contributed by atoms with E-state index in [0.29, 0.717) is 31.4 Å². The van der Waals surface area contributed by atoms with E-state index in [4.69, 9.17) is 9.47 Å². The van der Waals surface area contributed by atoms with E-state index in [1.54, 1.807) is 49.0 Å². The molecule has 292 valence electrons. The molecule has 52 heavy (non-hydrogen) atoms. The zero-order valence-corrected chi connectivity index (χ0v) is 33.0. The van der Waals surface area contributed by atoms with Crippen molar-refractivity contribution in [3.63, 3.8) is 0 Å². The van der Waals surface area contributed by atoms with Gasteiger partial charge in [0.1, 0.15) is 12.1 Å². The van der Waals surface area contributed by atoms with E-state index < -0.39 is 60.2 Å². The Balaban J connectivity index is 2.26. The summed E-state index contributed by atoms with van der Waals surface area (Å²) in [6, 6.07) is 7.25. The molecule has 2 rings (SSSR count). The lowest BCUT2D eigenvalue weighted by molar-refractivity contribution is -0.148. The van der Waals surface area contributed by atoms with Gasteiger partial charge in [-0.15, -0.1) is 0 Å². The van der Waals surface area contributed by atoms with Crippen molar-refractivity contribution in [3.05, 3.63) is 35.9 Å². The van der Waals surface area contributed by atoms with Crippen molar-refractivity contribution in [3.8, 4) is 0 Å². The van der Waals surface area contributed by atoms with Crippen molar-refractivity contribution >= 4 is 29.6 Å². The summed E-state index contributed by atoms with van der Waals surface area (Å²) in [4.78, 5) is 70.2. The summed E-state index contributed by atoms with van der Waals surface area (Å²) in [5.74, 6) is -3.34. The lowest BCUT2D eigenvalue weighted by Gasteiger charge is -2.41. The first-order chi connectivity index (χ1) is 24.5. The number of carbonyl (C=O) groups excluding carboxylic acids is 4. The Bertz CT molecular complexity index is 1310. The van der Waals surface area contributed by atoms with Crippen LogP contribution in [0.2, 0.25) is 0 Å². The first kappa shape index (κ1) is 44.4. The number of amides is 4. The SMILES string of the molecule is CC[C@H](C)[C@@H]([C@@H](CC(=O)N1CCC[C@H]1[C@H](OC)[C@@H](C)C(=O)N[C@@H](Cc1cc#ccc1)C(=O)O)OC)N(C)C(=O)[C@@H](NC(=O)[C@@H](NC)C(C)C)C(C)C. The minimum absolute atomic E-state index is 0.0167. The van der Waals surface area contributed by atoms with Gasteiger partial charge in [-0.1, -0.05) is 67.0 Å². The van der Waals surface area contributed by atoms with E-state index in [1.165, 1.54) is 14.2 Å². The van der Waals surface area contributed by atoms with Gasteiger partial charge in [0.15, 0.2) is 0 Å². The summed E-state index contributed by atoms with van der Waals surface area (Å²) < 4.78 is 11.8. The van der Waals surface area contributed by atoms with Gasteiger partial charge in [-0.2, -0.15) is 0 Å². The standard InChI is InChI=1S/C39H63N5O8/c1-12-25(6)34(43(9)38(48)33(24(4)5)42-37(47)32(40-8)23(2)3)30(51-10)22-31(45)44-20-16-19-29(44)35(52-11)26(7)36(46)41-28(39(49)50)21-27-17-14-13-15-18-27/h14,17-18,23-26,28-30,32-35,40H,12,16,19-22H2,1-11H3,(H,41,46)(H,42,47)(H,49,50)/t25-,26+,28-,29-,30+,32-,33-,34-,35+/m0/s1. The molecular weight excluding hydrogens is 666 g/mol. The molecule has 1 aliphatic heterocycles. The van der Waals surface area contributed by atoms with Crippen LogP contribution in [0.1, 0.15) is 79.7 Å². The van der Waals surface area contributed by atoms with E-state index in [0.717, 1.165) is 0 Å². The molecule has 13 nitrogen and oxygen atoms in total. The average Bonchev–Trinajstić information content (AvgIpc) is 3.59. The molecule has 1 heterocycles. The number of carboxylic acid groups (broad SMARTS) is 1. The maximum Gasteiger partial charge on any atom is 0.326 e. The molecule has 9 atom stereocenters. The van der Waals surface area contributed by atoms with Gasteiger partial charge in [-0.3, -0.25) is 19.2 Å². The lowest BCUT2D eigenvalue weighted by atomic mass is 9.89. The second kappa shape index (κ2) is 21.1. The van der Waals surface area contributed by atoms with Crippen molar-refractivity contribution in [2.24, 2.45) is 23.7 Å².